The molecule has 1 aromatic heterocycles. The van der Waals surface area contributed by atoms with Crippen molar-refractivity contribution in [3.63, 3.8) is 0 Å². The molecule has 2 aromatic rings. The molecular formula is C10H7BN2O. The van der Waals surface area contributed by atoms with Gasteiger partial charge in [0.25, 0.3) is 0 Å². The van der Waals surface area contributed by atoms with Gasteiger partial charge in [0.05, 0.1) is 5.52 Å². The van der Waals surface area contributed by atoms with Crippen LogP contribution >= 0.6 is 0 Å². The number of carbonyl (C=O) groups excluding carboxylic acids is 1. The number of benzene rings is 1. The number of ketones is 1. The number of nitrogens with zero attached hydrogens (tertiary/aromatic N) is 2. The molecular weight excluding hydrogens is 175 g/mol. The van der Waals surface area contributed by atoms with Crippen LogP contribution < -0.4 is 5.46 Å². The monoisotopic (exact) mass is 182 g/mol. The first kappa shape index (κ1) is 8.87. The predicted octanol–water partition coefficient (Wildman–Crippen LogP) is 0.626. The van der Waals surface area contributed by atoms with Gasteiger partial charge in [-0.25, -0.2) is 0 Å². The third kappa shape index (κ3) is 1.51. The Morgan fingerprint density at radius 2 is 2.07 bits per heavy atom. The van der Waals surface area contributed by atoms with Gasteiger partial charge in [-0.15, -0.1) is 10.2 Å². The average Bonchev–Trinajstić information content (AvgIpc) is 2.16. The highest BCUT2D eigenvalue weighted by molar-refractivity contribution is 6.33. The van der Waals surface area contributed by atoms with Gasteiger partial charge < -0.3 is 0 Å². The van der Waals surface area contributed by atoms with E-state index in [-0.39, 0.29) is 5.78 Å². The van der Waals surface area contributed by atoms with E-state index >= 15 is 0 Å². The third-order valence-corrected chi connectivity index (χ3v) is 1.97. The van der Waals surface area contributed by atoms with Crippen molar-refractivity contribution in [1.29, 1.82) is 0 Å². The number of fused-ring (bicyclic) bond motifs is 1. The van der Waals surface area contributed by atoms with Crippen LogP contribution in [0, 0.1) is 0 Å². The second kappa shape index (κ2) is 3.22. The highest BCUT2D eigenvalue weighted by Crippen LogP contribution is 2.09. The first-order valence-corrected chi connectivity index (χ1v) is 4.21. The van der Waals surface area contributed by atoms with Gasteiger partial charge in [-0.3, -0.25) is 4.79 Å². The Kier molecular flexibility index (Phi) is 2.04. The van der Waals surface area contributed by atoms with Gasteiger partial charge in [0, 0.05) is 12.3 Å². The fraction of sp³-hybridized carbons (Fsp3) is 0.100. The maximum absolute atomic E-state index is 11.0. The van der Waals surface area contributed by atoms with Crippen LogP contribution in [0.15, 0.2) is 24.3 Å². The van der Waals surface area contributed by atoms with Crippen molar-refractivity contribution in [3.05, 3.63) is 30.0 Å². The molecule has 0 N–H and O–H groups in total. The minimum absolute atomic E-state index is 0.0955. The van der Waals surface area contributed by atoms with E-state index in [9.17, 15) is 4.79 Å². The third-order valence-electron chi connectivity index (χ3n) is 1.97. The van der Waals surface area contributed by atoms with Crippen LogP contribution in [0.1, 0.15) is 17.4 Å². The summed E-state index contributed by atoms with van der Waals surface area (Å²) in [6.45, 7) is 1.46. The zero-order chi connectivity index (χ0) is 10.1. The molecule has 1 aromatic carbocycles. The standard InChI is InChI=1S/C10H7BN2O/c1-6(14)10-5-7-4-8(11)2-3-9(7)12-13-10/h2-5H,1H3. The molecule has 14 heavy (non-hydrogen) atoms. The van der Waals surface area contributed by atoms with Crippen molar-refractivity contribution < 1.29 is 4.79 Å². The summed E-state index contributed by atoms with van der Waals surface area (Å²) < 4.78 is 0. The maximum atomic E-state index is 11.0. The van der Waals surface area contributed by atoms with Gasteiger partial charge in [-0.1, -0.05) is 17.6 Å². The van der Waals surface area contributed by atoms with Crippen LogP contribution in [0.25, 0.3) is 10.9 Å². The van der Waals surface area contributed by atoms with Crippen LogP contribution in [0.5, 0.6) is 0 Å². The molecule has 66 valence electrons. The van der Waals surface area contributed by atoms with E-state index < -0.39 is 0 Å². The molecule has 0 fully saturated rings. The molecule has 2 rings (SSSR count). The number of hydrogen-bond acceptors (Lipinski definition) is 3. The maximum Gasteiger partial charge on any atom is 0.180 e. The molecule has 0 saturated heterocycles. The smallest absolute Gasteiger partial charge is 0.180 e. The Balaban J connectivity index is 2.69. The fourth-order valence-corrected chi connectivity index (χ4v) is 1.24. The van der Waals surface area contributed by atoms with E-state index in [2.05, 4.69) is 10.2 Å². The summed E-state index contributed by atoms with van der Waals surface area (Å²) in [5.41, 5.74) is 1.76. The second-order valence-electron chi connectivity index (χ2n) is 3.10. The van der Waals surface area contributed by atoms with Crippen LogP contribution in [0.3, 0.4) is 0 Å². The number of hydrogen-bond donors (Lipinski definition) is 0. The molecule has 0 spiro atoms. The van der Waals surface area contributed by atoms with Gasteiger partial charge in [0.15, 0.2) is 5.78 Å². The van der Waals surface area contributed by atoms with E-state index in [4.69, 9.17) is 7.85 Å². The lowest BCUT2D eigenvalue weighted by molar-refractivity contribution is 0.101. The summed E-state index contributed by atoms with van der Waals surface area (Å²) in [7, 11) is 5.62. The lowest BCUT2D eigenvalue weighted by Gasteiger charge is -1.99. The van der Waals surface area contributed by atoms with Gasteiger partial charge >= 0.3 is 0 Å². The Hall–Kier alpha value is -1.71. The minimum atomic E-state index is -0.0955. The highest BCUT2D eigenvalue weighted by atomic mass is 16.1. The summed E-state index contributed by atoms with van der Waals surface area (Å²) >= 11 is 0. The Morgan fingerprint density at radius 1 is 1.29 bits per heavy atom. The first-order valence-electron chi connectivity index (χ1n) is 4.21. The molecule has 0 aliphatic carbocycles. The van der Waals surface area contributed by atoms with Gasteiger partial charge in [0.2, 0.25) is 0 Å². The highest BCUT2D eigenvalue weighted by Gasteiger charge is 2.03. The van der Waals surface area contributed by atoms with E-state index in [1.165, 1.54) is 6.92 Å². The average molecular weight is 182 g/mol. The normalized spacial score (nSPS) is 10.4. The van der Waals surface area contributed by atoms with Crippen LogP contribution in [-0.4, -0.2) is 23.8 Å². The molecule has 4 heteroatoms. The first-order chi connectivity index (χ1) is 6.66. The summed E-state index contributed by atoms with van der Waals surface area (Å²) in [6, 6.07) is 7.00. The molecule has 0 aliphatic heterocycles. The Bertz CT molecular complexity index is 510. The second-order valence-corrected chi connectivity index (χ2v) is 3.10. The van der Waals surface area contributed by atoms with Gasteiger partial charge in [-0.2, -0.15) is 0 Å². The van der Waals surface area contributed by atoms with Crippen molar-refractivity contribution >= 4 is 30.0 Å². The number of Topliss-reactive ketones (excluding diaryl/α,β-unsaturated/α-hetero) is 1. The molecule has 0 bridgehead atoms. The van der Waals surface area contributed by atoms with Crippen molar-refractivity contribution in [2.24, 2.45) is 0 Å². The van der Waals surface area contributed by atoms with E-state index in [1.54, 1.807) is 24.3 Å². The summed E-state index contributed by atoms with van der Waals surface area (Å²) in [5, 5.41) is 8.55. The molecule has 0 atom stereocenters. The van der Waals surface area contributed by atoms with E-state index in [0.717, 1.165) is 10.9 Å². The molecule has 1 heterocycles. The Morgan fingerprint density at radius 3 is 2.79 bits per heavy atom. The van der Waals surface area contributed by atoms with E-state index in [1.807, 2.05) is 0 Å². The van der Waals surface area contributed by atoms with Crippen molar-refractivity contribution in [3.8, 4) is 0 Å². The fourth-order valence-electron chi connectivity index (χ4n) is 1.24. The van der Waals surface area contributed by atoms with Gasteiger partial charge in [0.1, 0.15) is 13.5 Å². The molecule has 0 aliphatic rings. The summed E-state index contributed by atoms with van der Waals surface area (Å²) in [5.74, 6) is -0.0955. The van der Waals surface area contributed by atoms with E-state index in [0.29, 0.717) is 11.2 Å². The Labute approximate surface area is 82.6 Å². The summed E-state index contributed by atoms with van der Waals surface area (Å²) in [6.07, 6.45) is 0. The van der Waals surface area contributed by atoms with Crippen LogP contribution in [0.4, 0.5) is 0 Å². The van der Waals surface area contributed by atoms with Crippen molar-refractivity contribution in [2.45, 2.75) is 6.92 Å². The van der Waals surface area contributed by atoms with Gasteiger partial charge in [-0.05, 0) is 12.1 Å². The molecule has 0 unspecified atom stereocenters. The summed E-state index contributed by atoms with van der Waals surface area (Å²) in [4.78, 5) is 11.0. The van der Waals surface area contributed by atoms with Crippen molar-refractivity contribution in [1.82, 2.24) is 10.2 Å². The molecule has 2 radical (unpaired) electrons. The number of rotatable bonds is 1. The predicted molar refractivity (Wildman–Crippen MR) is 54.9 cm³/mol. The number of carbonyl (C=O) groups is 1. The topological polar surface area (TPSA) is 42.9 Å². The largest absolute Gasteiger partial charge is 0.293 e. The molecule has 3 nitrogen and oxygen atoms in total. The van der Waals surface area contributed by atoms with Crippen LogP contribution in [0.2, 0.25) is 0 Å². The molecule has 0 amide bonds. The number of aromatic nitrogens is 2. The quantitative estimate of drug-likeness (QED) is 0.479. The zero-order valence-electron chi connectivity index (χ0n) is 7.69. The minimum Gasteiger partial charge on any atom is -0.293 e. The van der Waals surface area contributed by atoms with Crippen LogP contribution in [-0.2, 0) is 0 Å². The van der Waals surface area contributed by atoms with Crippen molar-refractivity contribution in [2.75, 3.05) is 0 Å². The lowest BCUT2D eigenvalue weighted by Crippen LogP contribution is -2.03. The lowest BCUT2D eigenvalue weighted by atomic mass is 9.95. The SMILES string of the molecule is [B]c1ccc2nnc(C(C)=O)cc2c1. The molecule has 0 saturated carbocycles. The zero-order valence-corrected chi connectivity index (χ0v) is 7.69.